The van der Waals surface area contributed by atoms with Crippen LogP contribution in [0.4, 0.5) is 4.39 Å². The first-order chi connectivity index (χ1) is 8.25. The molecule has 0 N–H and O–H groups in total. The molecule has 0 fully saturated rings. The van der Waals surface area contributed by atoms with Crippen molar-refractivity contribution in [3.63, 3.8) is 0 Å². The van der Waals surface area contributed by atoms with Crippen LogP contribution in [-0.2, 0) is 6.42 Å². The summed E-state index contributed by atoms with van der Waals surface area (Å²) in [5.41, 5.74) is 2.77. The molecule has 3 rings (SSSR count). The molecule has 1 heterocycles. The van der Waals surface area contributed by atoms with Gasteiger partial charge in [-0.25, -0.2) is 4.39 Å². The lowest BCUT2D eigenvalue weighted by molar-refractivity contribution is 0.0972. The fourth-order valence-electron chi connectivity index (χ4n) is 2.37. The molecule has 17 heavy (non-hydrogen) atoms. The van der Waals surface area contributed by atoms with Crippen LogP contribution in [0.2, 0.25) is 0 Å². The monoisotopic (exact) mass is 229 g/mol. The van der Waals surface area contributed by atoms with Crippen molar-refractivity contribution in [3.05, 3.63) is 53.6 Å². The lowest BCUT2D eigenvalue weighted by Gasteiger charge is -2.14. The van der Waals surface area contributed by atoms with Gasteiger partial charge < -0.3 is 4.57 Å². The summed E-state index contributed by atoms with van der Waals surface area (Å²) in [5, 5.41) is 0. The van der Waals surface area contributed by atoms with Gasteiger partial charge >= 0.3 is 0 Å². The van der Waals surface area contributed by atoms with E-state index in [4.69, 9.17) is 0 Å². The molecule has 3 heteroatoms. The van der Waals surface area contributed by atoms with Crippen LogP contribution < -0.4 is 0 Å². The summed E-state index contributed by atoms with van der Waals surface area (Å²) in [6.07, 6.45) is 4.34. The van der Waals surface area contributed by atoms with Crippen LogP contribution in [-0.4, -0.2) is 10.4 Å². The lowest BCUT2D eigenvalue weighted by Crippen LogP contribution is -2.12. The van der Waals surface area contributed by atoms with Crippen molar-refractivity contribution in [3.8, 4) is 5.69 Å². The zero-order valence-electron chi connectivity index (χ0n) is 9.32. The summed E-state index contributed by atoms with van der Waals surface area (Å²) in [6.45, 7) is 0. The van der Waals surface area contributed by atoms with Gasteiger partial charge in [0, 0.05) is 29.6 Å². The summed E-state index contributed by atoms with van der Waals surface area (Å²) < 4.78 is 14.8. The molecule has 1 aliphatic carbocycles. The minimum atomic E-state index is -0.245. The Balaban J connectivity index is 2.10. The molecule has 0 saturated heterocycles. The third-order valence-electron chi connectivity index (χ3n) is 3.21. The maximum absolute atomic E-state index is 12.9. The molecular formula is C14H12FNO. The van der Waals surface area contributed by atoms with Crippen LogP contribution in [0.15, 0.2) is 36.5 Å². The Morgan fingerprint density at radius 1 is 1.06 bits per heavy atom. The number of aromatic nitrogens is 1. The Morgan fingerprint density at radius 3 is 2.59 bits per heavy atom. The van der Waals surface area contributed by atoms with Gasteiger partial charge in [0.1, 0.15) is 5.82 Å². The van der Waals surface area contributed by atoms with E-state index in [1.165, 1.54) is 12.1 Å². The Hall–Kier alpha value is -1.90. The maximum Gasteiger partial charge on any atom is 0.164 e. The first-order valence-corrected chi connectivity index (χ1v) is 5.75. The fourth-order valence-corrected chi connectivity index (χ4v) is 2.37. The van der Waals surface area contributed by atoms with Gasteiger partial charge in [-0.1, -0.05) is 0 Å². The quantitative estimate of drug-likeness (QED) is 0.736. The molecule has 0 bridgehead atoms. The van der Waals surface area contributed by atoms with E-state index in [2.05, 4.69) is 0 Å². The molecule has 86 valence electrons. The standard InChI is InChI=1S/C14H12FNO/c15-10-4-6-11(7-5-10)16-9-8-12-13(16)2-1-3-14(12)17/h4-9H,1-3H2. The highest BCUT2D eigenvalue weighted by atomic mass is 19.1. The second kappa shape index (κ2) is 3.84. The Bertz CT molecular complexity index is 568. The highest BCUT2D eigenvalue weighted by Crippen LogP contribution is 2.25. The average molecular weight is 229 g/mol. The number of benzene rings is 1. The summed E-state index contributed by atoms with van der Waals surface area (Å²) in [4.78, 5) is 11.7. The van der Waals surface area contributed by atoms with Crippen molar-refractivity contribution in [2.75, 3.05) is 0 Å². The van der Waals surface area contributed by atoms with Gasteiger partial charge in [0.15, 0.2) is 5.78 Å². The molecule has 0 atom stereocenters. The maximum atomic E-state index is 12.9. The van der Waals surface area contributed by atoms with Crippen molar-refractivity contribution in [1.82, 2.24) is 4.57 Å². The van der Waals surface area contributed by atoms with E-state index in [1.54, 1.807) is 12.1 Å². The average Bonchev–Trinajstić information content (AvgIpc) is 2.75. The molecule has 0 amide bonds. The highest BCUT2D eigenvalue weighted by Gasteiger charge is 2.20. The number of nitrogens with zero attached hydrogens (tertiary/aromatic N) is 1. The van der Waals surface area contributed by atoms with Gasteiger partial charge in [-0.2, -0.15) is 0 Å². The normalized spacial score (nSPS) is 14.8. The molecule has 0 unspecified atom stereocenters. The predicted octanol–water partition coefficient (Wildman–Crippen LogP) is 3.14. The number of carbonyl (C=O) groups is 1. The van der Waals surface area contributed by atoms with E-state index in [0.717, 1.165) is 29.8 Å². The van der Waals surface area contributed by atoms with Crippen molar-refractivity contribution in [2.24, 2.45) is 0 Å². The number of ketones is 1. The second-order valence-electron chi connectivity index (χ2n) is 4.30. The van der Waals surface area contributed by atoms with Gasteiger partial charge in [0.2, 0.25) is 0 Å². The Labute approximate surface area is 98.7 Å². The fraction of sp³-hybridized carbons (Fsp3) is 0.214. The SMILES string of the molecule is O=C1CCCc2c1ccn2-c1ccc(F)cc1. The second-order valence-corrected chi connectivity index (χ2v) is 4.30. The predicted molar refractivity (Wildman–Crippen MR) is 63.0 cm³/mol. The van der Waals surface area contributed by atoms with E-state index >= 15 is 0 Å². The number of fused-ring (bicyclic) bond motifs is 1. The van der Waals surface area contributed by atoms with E-state index in [9.17, 15) is 9.18 Å². The third-order valence-corrected chi connectivity index (χ3v) is 3.21. The van der Waals surface area contributed by atoms with Gasteiger partial charge in [-0.3, -0.25) is 4.79 Å². The minimum Gasteiger partial charge on any atom is -0.320 e. The van der Waals surface area contributed by atoms with E-state index in [0.29, 0.717) is 6.42 Å². The third kappa shape index (κ3) is 1.68. The number of Topliss-reactive ketones (excluding diaryl/α,β-unsaturated/α-hetero) is 1. The van der Waals surface area contributed by atoms with Crippen LogP contribution in [0.25, 0.3) is 5.69 Å². The molecular weight excluding hydrogens is 217 g/mol. The van der Waals surface area contributed by atoms with Crippen LogP contribution >= 0.6 is 0 Å². The van der Waals surface area contributed by atoms with Gasteiger partial charge in [0.05, 0.1) is 0 Å². The Kier molecular flexibility index (Phi) is 2.32. The van der Waals surface area contributed by atoms with Crippen molar-refractivity contribution in [2.45, 2.75) is 19.3 Å². The molecule has 0 aliphatic heterocycles. The molecule has 1 aromatic heterocycles. The zero-order valence-corrected chi connectivity index (χ0v) is 9.32. The van der Waals surface area contributed by atoms with Gasteiger partial charge in [-0.05, 0) is 43.2 Å². The Morgan fingerprint density at radius 2 is 1.82 bits per heavy atom. The topological polar surface area (TPSA) is 22.0 Å². The van der Waals surface area contributed by atoms with Crippen LogP contribution in [0, 0.1) is 5.82 Å². The number of rotatable bonds is 1. The molecule has 2 nitrogen and oxygen atoms in total. The molecule has 1 aliphatic rings. The summed E-state index contributed by atoms with van der Waals surface area (Å²) >= 11 is 0. The molecule has 2 aromatic rings. The first-order valence-electron chi connectivity index (χ1n) is 5.75. The summed E-state index contributed by atoms with van der Waals surface area (Å²) in [6, 6.07) is 8.20. The smallest absolute Gasteiger partial charge is 0.164 e. The van der Waals surface area contributed by atoms with Crippen LogP contribution in [0.3, 0.4) is 0 Å². The lowest BCUT2D eigenvalue weighted by atomic mass is 9.97. The molecule has 1 aromatic carbocycles. The molecule has 0 spiro atoms. The number of carbonyl (C=O) groups excluding carboxylic acids is 1. The largest absolute Gasteiger partial charge is 0.320 e. The van der Waals surface area contributed by atoms with Crippen molar-refractivity contribution >= 4 is 5.78 Å². The summed E-state index contributed by atoms with van der Waals surface area (Å²) in [5.74, 6) is -0.0297. The van der Waals surface area contributed by atoms with Crippen LogP contribution in [0.5, 0.6) is 0 Å². The highest BCUT2D eigenvalue weighted by molar-refractivity contribution is 5.98. The first kappa shape index (κ1) is 10.3. The summed E-state index contributed by atoms with van der Waals surface area (Å²) in [7, 11) is 0. The minimum absolute atomic E-state index is 0.215. The zero-order chi connectivity index (χ0) is 11.8. The van der Waals surface area contributed by atoms with E-state index < -0.39 is 0 Å². The van der Waals surface area contributed by atoms with E-state index in [1.807, 2.05) is 16.8 Å². The van der Waals surface area contributed by atoms with Gasteiger partial charge in [-0.15, -0.1) is 0 Å². The van der Waals surface area contributed by atoms with Gasteiger partial charge in [0.25, 0.3) is 0 Å². The van der Waals surface area contributed by atoms with Crippen LogP contribution in [0.1, 0.15) is 28.9 Å². The number of halogens is 1. The molecule has 0 radical (unpaired) electrons. The number of hydrogen-bond acceptors (Lipinski definition) is 1. The van der Waals surface area contributed by atoms with Crippen molar-refractivity contribution < 1.29 is 9.18 Å². The number of hydrogen-bond donors (Lipinski definition) is 0. The van der Waals surface area contributed by atoms with E-state index in [-0.39, 0.29) is 11.6 Å². The molecule has 0 saturated carbocycles. The van der Waals surface area contributed by atoms with Crippen molar-refractivity contribution in [1.29, 1.82) is 0 Å².